The SMILES string of the molecule is Cn1c(=O)n(C)c2cc(-c3ccc(-c4nc(-c5ccccc5)nc(-c5ccccc5-c5cccc6c5sc5ccccc56)n4)cc3)ccc21. The summed E-state index contributed by atoms with van der Waals surface area (Å²) in [6.45, 7) is 0. The van der Waals surface area contributed by atoms with Gasteiger partial charge in [-0.1, -0.05) is 121 Å². The lowest BCUT2D eigenvalue weighted by molar-refractivity contribution is 0.795. The van der Waals surface area contributed by atoms with Crippen LogP contribution in [0.15, 0.2) is 144 Å². The highest BCUT2D eigenvalue weighted by atomic mass is 32.1. The molecule has 0 atom stereocenters. The molecule has 0 aliphatic heterocycles. The lowest BCUT2D eigenvalue weighted by atomic mass is 9.97. The van der Waals surface area contributed by atoms with Crippen molar-refractivity contribution in [3.05, 3.63) is 150 Å². The number of aromatic nitrogens is 5. The summed E-state index contributed by atoms with van der Waals surface area (Å²) in [4.78, 5) is 27.7. The second-order valence-corrected chi connectivity index (χ2v) is 13.2. The summed E-state index contributed by atoms with van der Waals surface area (Å²) < 4.78 is 5.88. The smallest absolute Gasteiger partial charge is 0.295 e. The van der Waals surface area contributed by atoms with Gasteiger partial charge in [0, 0.05) is 56.5 Å². The molecule has 9 rings (SSSR count). The number of thiophene rings is 1. The van der Waals surface area contributed by atoms with Gasteiger partial charge < -0.3 is 0 Å². The van der Waals surface area contributed by atoms with Crippen LogP contribution in [0.3, 0.4) is 0 Å². The maximum Gasteiger partial charge on any atom is 0.328 e. The van der Waals surface area contributed by atoms with Crippen molar-refractivity contribution in [2.24, 2.45) is 14.1 Å². The predicted octanol–water partition coefficient (Wildman–Crippen LogP) is 9.76. The highest BCUT2D eigenvalue weighted by Gasteiger charge is 2.18. The van der Waals surface area contributed by atoms with Gasteiger partial charge in [-0.25, -0.2) is 19.7 Å². The van der Waals surface area contributed by atoms with Crippen molar-refractivity contribution in [2.45, 2.75) is 0 Å². The van der Waals surface area contributed by atoms with Crippen LogP contribution in [-0.4, -0.2) is 24.1 Å². The number of fused-ring (bicyclic) bond motifs is 4. The third kappa shape index (κ3) is 4.86. The van der Waals surface area contributed by atoms with Gasteiger partial charge in [0.2, 0.25) is 0 Å². The van der Waals surface area contributed by atoms with Crippen LogP contribution in [0.1, 0.15) is 0 Å². The first-order valence-corrected chi connectivity index (χ1v) is 16.9. The lowest BCUT2D eigenvalue weighted by Crippen LogP contribution is -2.19. The van der Waals surface area contributed by atoms with E-state index in [1.54, 1.807) is 23.2 Å². The molecule has 0 bridgehead atoms. The molecule has 6 nitrogen and oxygen atoms in total. The van der Waals surface area contributed by atoms with Crippen molar-refractivity contribution >= 4 is 42.5 Å². The van der Waals surface area contributed by atoms with Gasteiger partial charge in [-0.05, 0) is 34.9 Å². The Balaban J connectivity index is 1.18. The van der Waals surface area contributed by atoms with Gasteiger partial charge in [0.1, 0.15) is 0 Å². The van der Waals surface area contributed by atoms with Crippen molar-refractivity contribution in [3.8, 4) is 56.4 Å². The number of aryl methyl sites for hydroxylation is 2. The predicted molar refractivity (Wildman–Crippen MR) is 202 cm³/mol. The van der Waals surface area contributed by atoms with Crippen LogP contribution in [0.4, 0.5) is 0 Å². The Hall–Kier alpha value is -6.18. The lowest BCUT2D eigenvalue weighted by Gasteiger charge is -2.13. The van der Waals surface area contributed by atoms with E-state index >= 15 is 0 Å². The molecular weight excluding hydrogens is 623 g/mol. The van der Waals surface area contributed by atoms with Crippen LogP contribution < -0.4 is 5.69 Å². The molecule has 0 spiro atoms. The molecule has 49 heavy (non-hydrogen) atoms. The Morgan fingerprint density at radius 3 is 1.84 bits per heavy atom. The maximum atomic E-state index is 12.5. The summed E-state index contributed by atoms with van der Waals surface area (Å²) in [6, 6.07) is 48.0. The quantitative estimate of drug-likeness (QED) is 0.186. The minimum atomic E-state index is -0.0376. The van der Waals surface area contributed by atoms with Crippen LogP contribution in [0.2, 0.25) is 0 Å². The molecular formula is C42H29N5OS. The van der Waals surface area contributed by atoms with Gasteiger partial charge in [0.15, 0.2) is 17.5 Å². The molecule has 0 saturated carbocycles. The summed E-state index contributed by atoms with van der Waals surface area (Å²) in [5.74, 6) is 1.85. The number of benzene rings is 6. The van der Waals surface area contributed by atoms with Gasteiger partial charge in [0.25, 0.3) is 0 Å². The zero-order chi connectivity index (χ0) is 33.1. The average molecular weight is 652 g/mol. The second-order valence-electron chi connectivity index (χ2n) is 12.2. The Labute approximate surface area is 286 Å². The van der Waals surface area contributed by atoms with E-state index in [0.29, 0.717) is 17.5 Å². The number of hydrogen-bond acceptors (Lipinski definition) is 5. The molecule has 0 unspecified atom stereocenters. The van der Waals surface area contributed by atoms with Crippen molar-refractivity contribution in [3.63, 3.8) is 0 Å². The summed E-state index contributed by atoms with van der Waals surface area (Å²) in [6.07, 6.45) is 0. The van der Waals surface area contributed by atoms with E-state index in [-0.39, 0.29) is 5.69 Å². The van der Waals surface area contributed by atoms with Gasteiger partial charge in [0.05, 0.1) is 11.0 Å². The van der Waals surface area contributed by atoms with Crippen molar-refractivity contribution < 1.29 is 0 Å². The Morgan fingerprint density at radius 2 is 1.04 bits per heavy atom. The molecule has 0 amide bonds. The molecule has 6 aromatic carbocycles. The zero-order valence-corrected chi connectivity index (χ0v) is 27.6. The van der Waals surface area contributed by atoms with Gasteiger partial charge in [-0.2, -0.15) is 0 Å². The highest BCUT2D eigenvalue weighted by molar-refractivity contribution is 7.26. The van der Waals surface area contributed by atoms with Crippen LogP contribution in [0.25, 0.3) is 87.6 Å². The summed E-state index contributed by atoms with van der Waals surface area (Å²) in [7, 11) is 3.61. The minimum absolute atomic E-state index is 0.0376. The van der Waals surface area contributed by atoms with Crippen molar-refractivity contribution in [2.75, 3.05) is 0 Å². The maximum absolute atomic E-state index is 12.5. The molecule has 3 heterocycles. The first-order valence-electron chi connectivity index (χ1n) is 16.1. The number of imidazole rings is 1. The topological polar surface area (TPSA) is 65.6 Å². The van der Waals surface area contributed by atoms with Crippen LogP contribution in [-0.2, 0) is 14.1 Å². The van der Waals surface area contributed by atoms with E-state index in [1.165, 1.54) is 20.2 Å². The van der Waals surface area contributed by atoms with Gasteiger partial charge in [-0.3, -0.25) is 9.13 Å². The van der Waals surface area contributed by atoms with Crippen molar-refractivity contribution in [1.29, 1.82) is 0 Å². The van der Waals surface area contributed by atoms with E-state index in [2.05, 4.69) is 97.1 Å². The van der Waals surface area contributed by atoms with E-state index in [1.807, 2.05) is 53.8 Å². The van der Waals surface area contributed by atoms with Crippen molar-refractivity contribution in [1.82, 2.24) is 24.1 Å². The highest BCUT2D eigenvalue weighted by Crippen LogP contribution is 2.42. The molecule has 3 aromatic heterocycles. The fourth-order valence-electron chi connectivity index (χ4n) is 6.71. The monoisotopic (exact) mass is 651 g/mol. The third-order valence-electron chi connectivity index (χ3n) is 9.28. The fourth-order valence-corrected chi connectivity index (χ4v) is 7.94. The summed E-state index contributed by atoms with van der Waals surface area (Å²) in [5, 5.41) is 2.52. The molecule has 7 heteroatoms. The average Bonchev–Trinajstić information content (AvgIpc) is 3.65. The van der Waals surface area contributed by atoms with E-state index in [9.17, 15) is 4.79 Å². The largest absolute Gasteiger partial charge is 0.328 e. The molecule has 0 aliphatic rings. The van der Waals surface area contributed by atoms with Crippen LogP contribution >= 0.6 is 11.3 Å². The molecule has 0 saturated heterocycles. The Kier molecular flexibility index (Phi) is 6.81. The first-order chi connectivity index (χ1) is 24.0. The van der Waals surface area contributed by atoms with E-state index < -0.39 is 0 Å². The number of nitrogens with zero attached hydrogens (tertiary/aromatic N) is 5. The summed E-state index contributed by atoms with van der Waals surface area (Å²) in [5.41, 5.74) is 8.85. The van der Waals surface area contributed by atoms with Gasteiger partial charge in [-0.15, -0.1) is 11.3 Å². The first kappa shape index (κ1) is 29.0. The number of rotatable bonds is 5. The molecule has 9 aromatic rings. The third-order valence-corrected chi connectivity index (χ3v) is 10.5. The molecule has 0 radical (unpaired) electrons. The molecule has 234 valence electrons. The molecule has 0 N–H and O–H groups in total. The summed E-state index contributed by atoms with van der Waals surface area (Å²) >= 11 is 1.82. The second kappa shape index (κ2) is 11.5. The Bertz CT molecular complexity index is 2760. The fraction of sp³-hybridized carbons (Fsp3) is 0.0476. The number of hydrogen-bond donors (Lipinski definition) is 0. The standard InChI is InChI=1S/C42H29N5OS/c1-46-35-24-23-29(25-36(35)47(2)42(46)48)26-19-21-28(22-20-26)40-43-39(27-11-4-3-5-12-27)44-41(45-40)34-15-7-6-13-30(34)32-16-10-17-33-31-14-8-9-18-37(31)49-38(32)33/h3-25H,1-2H3. The van der Waals surface area contributed by atoms with Gasteiger partial charge >= 0.3 is 5.69 Å². The van der Waals surface area contributed by atoms with Crippen LogP contribution in [0.5, 0.6) is 0 Å². The Morgan fingerprint density at radius 1 is 0.469 bits per heavy atom. The zero-order valence-electron chi connectivity index (χ0n) is 26.8. The molecule has 0 fully saturated rings. The van der Waals surface area contributed by atoms with E-state index in [0.717, 1.165) is 50.0 Å². The van der Waals surface area contributed by atoms with E-state index in [4.69, 9.17) is 15.0 Å². The minimum Gasteiger partial charge on any atom is -0.295 e. The van der Waals surface area contributed by atoms with Crippen LogP contribution in [0, 0.1) is 0 Å². The molecule has 0 aliphatic carbocycles. The normalized spacial score (nSPS) is 11.6.